The molecule has 0 aliphatic carbocycles. The number of carbonyl (C=O) groups excluding carboxylic acids is 1. The van der Waals surface area contributed by atoms with Crippen LogP contribution >= 0.6 is 0 Å². The van der Waals surface area contributed by atoms with E-state index in [4.69, 9.17) is 8.94 Å². The fourth-order valence-electron chi connectivity index (χ4n) is 3.27. The van der Waals surface area contributed by atoms with E-state index in [2.05, 4.69) is 15.5 Å². The van der Waals surface area contributed by atoms with E-state index in [0.717, 1.165) is 16.8 Å². The molecule has 0 radical (unpaired) electrons. The van der Waals surface area contributed by atoms with Crippen molar-refractivity contribution in [3.8, 4) is 11.6 Å². The van der Waals surface area contributed by atoms with Crippen molar-refractivity contribution in [2.45, 2.75) is 25.7 Å². The number of amides is 1. The molecule has 0 aliphatic heterocycles. The van der Waals surface area contributed by atoms with E-state index in [1.807, 2.05) is 61.5 Å². The number of hydrogen-bond acceptors (Lipinski definition) is 5. The SMILES string of the molecule is CC[C@@H](C(=O)Nc1ccccc1Cc1nc(-c2ccco2)no1)c1ccccc1. The van der Waals surface area contributed by atoms with Crippen molar-refractivity contribution in [3.63, 3.8) is 0 Å². The molecule has 4 aromatic rings. The van der Waals surface area contributed by atoms with Crippen LogP contribution in [-0.2, 0) is 11.2 Å². The molecule has 29 heavy (non-hydrogen) atoms. The number of anilines is 1. The summed E-state index contributed by atoms with van der Waals surface area (Å²) in [7, 11) is 0. The monoisotopic (exact) mass is 387 g/mol. The maximum atomic E-state index is 12.9. The molecule has 0 spiro atoms. The smallest absolute Gasteiger partial charge is 0.238 e. The Morgan fingerprint density at radius 1 is 1.03 bits per heavy atom. The molecule has 146 valence electrons. The summed E-state index contributed by atoms with van der Waals surface area (Å²) in [6.45, 7) is 2.01. The number of hydrogen-bond donors (Lipinski definition) is 1. The molecule has 1 atom stereocenters. The van der Waals surface area contributed by atoms with Gasteiger partial charge in [-0.25, -0.2) is 0 Å². The quantitative estimate of drug-likeness (QED) is 0.480. The number of rotatable bonds is 7. The second kappa shape index (κ2) is 8.56. The van der Waals surface area contributed by atoms with E-state index in [0.29, 0.717) is 30.3 Å². The number of carbonyl (C=O) groups is 1. The lowest BCUT2D eigenvalue weighted by atomic mass is 9.95. The van der Waals surface area contributed by atoms with Crippen molar-refractivity contribution < 1.29 is 13.7 Å². The molecule has 1 amide bonds. The van der Waals surface area contributed by atoms with Gasteiger partial charge in [0.25, 0.3) is 0 Å². The minimum absolute atomic E-state index is 0.0343. The van der Waals surface area contributed by atoms with E-state index in [1.54, 1.807) is 18.4 Å². The van der Waals surface area contributed by atoms with Gasteiger partial charge in [0.05, 0.1) is 18.6 Å². The number of aromatic nitrogens is 2. The van der Waals surface area contributed by atoms with Crippen LogP contribution in [0.4, 0.5) is 5.69 Å². The van der Waals surface area contributed by atoms with Crippen LogP contribution in [0.2, 0.25) is 0 Å². The first-order chi connectivity index (χ1) is 14.2. The lowest BCUT2D eigenvalue weighted by molar-refractivity contribution is -0.117. The van der Waals surface area contributed by atoms with Crippen LogP contribution in [0.25, 0.3) is 11.6 Å². The fraction of sp³-hybridized carbons (Fsp3) is 0.174. The van der Waals surface area contributed by atoms with Crippen LogP contribution < -0.4 is 5.32 Å². The van der Waals surface area contributed by atoms with Crippen molar-refractivity contribution in [3.05, 3.63) is 90.0 Å². The van der Waals surface area contributed by atoms with Gasteiger partial charge in [0.15, 0.2) is 5.76 Å². The first-order valence-electron chi connectivity index (χ1n) is 9.54. The Labute approximate surface area is 168 Å². The first kappa shape index (κ1) is 18.7. The molecule has 0 unspecified atom stereocenters. The summed E-state index contributed by atoms with van der Waals surface area (Å²) >= 11 is 0. The number of para-hydroxylation sites is 1. The van der Waals surface area contributed by atoms with Crippen LogP contribution in [0.3, 0.4) is 0 Å². The van der Waals surface area contributed by atoms with E-state index < -0.39 is 0 Å². The van der Waals surface area contributed by atoms with Gasteiger partial charge in [0, 0.05) is 5.69 Å². The minimum Gasteiger partial charge on any atom is -0.461 e. The van der Waals surface area contributed by atoms with E-state index >= 15 is 0 Å². The summed E-state index contributed by atoms with van der Waals surface area (Å²) in [5.41, 5.74) is 2.65. The average molecular weight is 387 g/mol. The average Bonchev–Trinajstić information content (AvgIpc) is 3.43. The Bertz CT molecular complexity index is 1070. The summed E-state index contributed by atoms with van der Waals surface area (Å²) in [5.74, 6) is 1.16. The Balaban J connectivity index is 1.52. The molecule has 6 nitrogen and oxygen atoms in total. The number of benzene rings is 2. The molecular formula is C23H21N3O3. The Kier molecular flexibility index (Phi) is 5.52. The number of furan rings is 1. The Morgan fingerprint density at radius 3 is 2.59 bits per heavy atom. The summed E-state index contributed by atoms with van der Waals surface area (Å²) < 4.78 is 10.7. The molecule has 0 saturated heterocycles. The molecule has 0 saturated carbocycles. The molecular weight excluding hydrogens is 366 g/mol. The zero-order chi connectivity index (χ0) is 20.1. The highest BCUT2D eigenvalue weighted by Gasteiger charge is 2.20. The van der Waals surface area contributed by atoms with Gasteiger partial charge in [-0.05, 0) is 35.7 Å². The maximum absolute atomic E-state index is 12.9. The molecule has 0 aliphatic rings. The van der Waals surface area contributed by atoms with E-state index in [9.17, 15) is 4.79 Å². The highest BCUT2D eigenvalue weighted by atomic mass is 16.5. The topological polar surface area (TPSA) is 81.2 Å². The van der Waals surface area contributed by atoms with Crippen molar-refractivity contribution in [2.24, 2.45) is 0 Å². The van der Waals surface area contributed by atoms with Gasteiger partial charge in [0.2, 0.25) is 17.6 Å². The second-order valence-corrected chi connectivity index (χ2v) is 6.68. The van der Waals surface area contributed by atoms with Gasteiger partial charge in [-0.15, -0.1) is 0 Å². The van der Waals surface area contributed by atoms with Crippen molar-refractivity contribution in [1.82, 2.24) is 10.1 Å². The summed E-state index contributed by atoms with van der Waals surface area (Å²) in [6.07, 6.45) is 2.69. The van der Waals surface area contributed by atoms with Gasteiger partial charge >= 0.3 is 0 Å². The molecule has 2 aromatic heterocycles. The van der Waals surface area contributed by atoms with Crippen molar-refractivity contribution >= 4 is 11.6 Å². The molecule has 0 fully saturated rings. The van der Waals surface area contributed by atoms with Crippen molar-refractivity contribution in [2.75, 3.05) is 5.32 Å². The third-order valence-corrected chi connectivity index (χ3v) is 4.75. The van der Waals surface area contributed by atoms with Gasteiger partial charge in [-0.3, -0.25) is 4.79 Å². The largest absolute Gasteiger partial charge is 0.461 e. The predicted molar refractivity (Wildman–Crippen MR) is 109 cm³/mol. The van der Waals surface area contributed by atoms with Gasteiger partial charge in [-0.1, -0.05) is 60.6 Å². The van der Waals surface area contributed by atoms with Crippen LogP contribution in [-0.4, -0.2) is 16.0 Å². The molecule has 2 heterocycles. The van der Waals surface area contributed by atoms with Crippen LogP contribution in [0.5, 0.6) is 0 Å². The van der Waals surface area contributed by atoms with Gasteiger partial charge in [0.1, 0.15) is 0 Å². The Morgan fingerprint density at radius 2 is 1.83 bits per heavy atom. The first-order valence-corrected chi connectivity index (χ1v) is 9.54. The standard InChI is InChI=1S/C23H21N3O3/c1-2-18(16-9-4-3-5-10-16)23(27)24-19-12-7-6-11-17(19)15-21-25-22(26-29-21)20-13-8-14-28-20/h3-14,18H,2,15H2,1H3,(H,24,27)/t18-/m1/s1. The maximum Gasteiger partial charge on any atom is 0.238 e. The normalized spacial score (nSPS) is 11.9. The van der Waals surface area contributed by atoms with E-state index in [-0.39, 0.29) is 11.8 Å². The molecule has 6 heteroatoms. The lowest BCUT2D eigenvalue weighted by Crippen LogP contribution is -2.21. The third kappa shape index (κ3) is 4.27. The highest BCUT2D eigenvalue weighted by Crippen LogP contribution is 2.25. The summed E-state index contributed by atoms with van der Waals surface area (Å²) in [6, 6.07) is 21.0. The molecule has 2 aromatic carbocycles. The van der Waals surface area contributed by atoms with Crippen LogP contribution in [0.15, 0.2) is 81.9 Å². The molecule has 0 bridgehead atoms. The number of nitrogens with one attached hydrogen (secondary N) is 1. The minimum atomic E-state index is -0.210. The zero-order valence-electron chi connectivity index (χ0n) is 16.0. The highest BCUT2D eigenvalue weighted by molar-refractivity contribution is 5.96. The van der Waals surface area contributed by atoms with Gasteiger partial charge < -0.3 is 14.3 Å². The van der Waals surface area contributed by atoms with Crippen LogP contribution in [0.1, 0.15) is 36.3 Å². The van der Waals surface area contributed by atoms with Gasteiger partial charge in [-0.2, -0.15) is 4.98 Å². The lowest BCUT2D eigenvalue weighted by Gasteiger charge is -2.17. The fourth-order valence-corrected chi connectivity index (χ4v) is 3.27. The third-order valence-electron chi connectivity index (χ3n) is 4.75. The number of nitrogens with zero attached hydrogens (tertiary/aromatic N) is 2. The molecule has 4 rings (SSSR count). The summed E-state index contributed by atoms with van der Waals surface area (Å²) in [5, 5.41) is 7.03. The van der Waals surface area contributed by atoms with E-state index in [1.165, 1.54) is 0 Å². The molecule has 1 N–H and O–H groups in total. The van der Waals surface area contributed by atoms with Crippen molar-refractivity contribution in [1.29, 1.82) is 0 Å². The van der Waals surface area contributed by atoms with Crippen LogP contribution in [0, 0.1) is 0 Å². The zero-order valence-corrected chi connectivity index (χ0v) is 16.0. The second-order valence-electron chi connectivity index (χ2n) is 6.68. The summed E-state index contributed by atoms with van der Waals surface area (Å²) in [4.78, 5) is 17.3. The Hall–Kier alpha value is -3.67. The predicted octanol–water partition coefficient (Wildman–Crippen LogP) is 5.05.